The molecule has 5 heteroatoms. The van der Waals surface area contributed by atoms with Gasteiger partial charge in [0.2, 0.25) is 0 Å². The SMILES string of the molecule is Cc1cc(C(=O)NCc2cn[nH]c2)ccn1. The van der Waals surface area contributed by atoms with Gasteiger partial charge >= 0.3 is 0 Å². The fourth-order valence-electron chi connectivity index (χ4n) is 1.35. The number of aryl methyl sites for hydroxylation is 1. The molecule has 0 spiro atoms. The molecule has 82 valence electrons. The third-order valence-electron chi connectivity index (χ3n) is 2.17. The number of nitrogens with one attached hydrogen (secondary N) is 2. The molecule has 16 heavy (non-hydrogen) atoms. The summed E-state index contributed by atoms with van der Waals surface area (Å²) in [5.74, 6) is -0.105. The van der Waals surface area contributed by atoms with E-state index in [2.05, 4.69) is 20.5 Å². The van der Waals surface area contributed by atoms with Gasteiger partial charge in [-0.05, 0) is 19.1 Å². The molecule has 2 heterocycles. The minimum atomic E-state index is -0.105. The van der Waals surface area contributed by atoms with E-state index in [9.17, 15) is 4.79 Å². The number of nitrogens with zero attached hydrogens (tertiary/aromatic N) is 2. The van der Waals surface area contributed by atoms with Gasteiger partial charge < -0.3 is 5.32 Å². The van der Waals surface area contributed by atoms with Crippen LogP contribution in [-0.4, -0.2) is 21.1 Å². The van der Waals surface area contributed by atoms with Crippen LogP contribution in [0.2, 0.25) is 0 Å². The Bertz CT molecular complexity index is 478. The van der Waals surface area contributed by atoms with Gasteiger partial charge in [-0.25, -0.2) is 0 Å². The molecule has 0 radical (unpaired) electrons. The Morgan fingerprint density at radius 3 is 3.12 bits per heavy atom. The lowest BCUT2D eigenvalue weighted by molar-refractivity contribution is 0.0950. The van der Waals surface area contributed by atoms with E-state index >= 15 is 0 Å². The van der Waals surface area contributed by atoms with Crippen molar-refractivity contribution in [3.63, 3.8) is 0 Å². The highest BCUT2D eigenvalue weighted by atomic mass is 16.1. The Morgan fingerprint density at radius 1 is 1.56 bits per heavy atom. The average molecular weight is 216 g/mol. The highest BCUT2D eigenvalue weighted by molar-refractivity contribution is 5.94. The lowest BCUT2D eigenvalue weighted by Gasteiger charge is -2.03. The van der Waals surface area contributed by atoms with Crippen molar-refractivity contribution in [3.8, 4) is 0 Å². The monoisotopic (exact) mass is 216 g/mol. The minimum Gasteiger partial charge on any atom is -0.348 e. The van der Waals surface area contributed by atoms with Crippen LogP contribution in [0.4, 0.5) is 0 Å². The van der Waals surface area contributed by atoms with Crippen LogP contribution in [0.25, 0.3) is 0 Å². The number of pyridine rings is 1. The Morgan fingerprint density at radius 2 is 2.44 bits per heavy atom. The summed E-state index contributed by atoms with van der Waals surface area (Å²) in [5, 5.41) is 9.29. The fourth-order valence-corrected chi connectivity index (χ4v) is 1.35. The summed E-state index contributed by atoms with van der Waals surface area (Å²) in [6.45, 7) is 2.32. The molecular formula is C11H12N4O. The van der Waals surface area contributed by atoms with Gasteiger partial charge in [0, 0.05) is 35.8 Å². The van der Waals surface area contributed by atoms with Crippen LogP contribution < -0.4 is 5.32 Å². The van der Waals surface area contributed by atoms with Crippen LogP contribution in [0.5, 0.6) is 0 Å². The van der Waals surface area contributed by atoms with Crippen LogP contribution in [0.15, 0.2) is 30.7 Å². The maximum atomic E-state index is 11.7. The largest absolute Gasteiger partial charge is 0.348 e. The van der Waals surface area contributed by atoms with Crippen molar-refractivity contribution in [3.05, 3.63) is 47.5 Å². The molecule has 1 amide bonds. The molecule has 0 unspecified atom stereocenters. The first-order valence-corrected chi connectivity index (χ1v) is 4.94. The molecule has 0 aromatic carbocycles. The van der Waals surface area contributed by atoms with Crippen molar-refractivity contribution in [1.82, 2.24) is 20.5 Å². The molecule has 0 bridgehead atoms. The number of hydrogen-bond acceptors (Lipinski definition) is 3. The van der Waals surface area contributed by atoms with Gasteiger partial charge in [0.25, 0.3) is 5.91 Å². The minimum absolute atomic E-state index is 0.105. The van der Waals surface area contributed by atoms with Gasteiger partial charge in [-0.15, -0.1) is 0 Å². The molecule has 0 fully saturated rings. The number of H-pyrrole nitrogens is 1. The number of rotatable bonds is 3. The molecule has 0 aliphatic rings. The third kappa shape index (κ3) is 2.44. The Hall–Kier alpha value is -2.17. The van der Waals surface area contributed by atoms with Crippen LogP contribution in [-0.2, 0) is 6.54 Å². The number of aromatic amines is 1. The van der Waals surface area contributed by atoms with Crippen LogP contribution in [0.3, 0.4) is 0 Å². The summed E-state index contributed by atoms with van der Waals surface area (Å²) < 4.78 is 0. The normalized spacial score (nSPS) is 10.1. The number of carbonyl (C=O) groups is 1. The molecular weight excluding hydrogens is 204 g/mol. The lowest BCUT2D eigenvalue weighted by atomic mass is 10.2. The molecule has 0 aliphatic carbocycles. The van der Waals surface area contributed by atoms with E-state index < -0.39 is 0 Å². The van der Waals surface area contributed by atoms with Gasteiger partial charge in [-0.2, -0.15) is 5.10 Å². The standard InChI is InChI=1S/C11H12N4O/c1-8-4-10(2-3-12-8)11(16)13-5-9-6-14-15-7-9/h2-4,6-7H,5H2,1H3,(H,13,16)(H,14,15). The molecule has 0 aliphatic heterocycles. The highest BCUT2D eigenvalue weighted by Gasteiger charge is 2.05. The first-order chi connectivity index (χ1) is 7.75. The van der Waals surface area contributed by atoms with E-state index in [0.29, 0.717) is 12.1 Å². The van der Waals surface area contributed by atoms with Gasteiger partial charge in [-0.3, -0.25) is 14.9 Å². The van der Waals surface area contributed by atoms with Crippen molar-refractivity contribution in [1.29, 1.82) is 0 Å². The second kappa shape index (κ2) is 4.57. The van der Waals surface area contributed by atoms with Crippen molar-refractivity contribution in [2.75, 3.05) is 0 Å². The van der Waals surface area contributed by atoms with Crippen LogP contribution in [0, 0.1) is 6.92 Å². The molecule has 2 aromatic heterocycles. The average Bonchev–Trinajstić information content (AvgIpc) is 2.78. The van der Waals surface area contributed by atoms with Crippen molar-refractivity contribution < 1.29 is 4.79 Å². The molecule has 0 saturated heterocycles. The smallest absolute Gasteiger partial charge is 0.251 e. The highest BCUT2D eigenvalue weighted by Crippen LogP contribution is 2.01. The Kier molecular flexibility index (Phi) is 2.95. The summed E-state index contributed by atoms with van der Waals surface area (Å²) >= 11 is 0. The maximum Gasteiger partial charge on any atom is 0.251 e. The number of aromatic nitrogens is 3. The van der Waals surface area contributed by atoms with E-state index in [1.807, 2.05) is 6.92 Å². The zero-order valence-electron chi connectivity index (χ0n) is 8.90. The van der Waals surface area contributed by atoms with Gasteiger partial charge in [-0.1, -0.05) is 0 Å². The second-order valence-electron chi connectivity index (χ2n) is 3.48. The number of amides is 1. The Balaban J connectivity index is 1.98. The summed E-state index contributed by atoms with van der Waals surface area (Å²) in [4.78, 5) is 15.8. The maximum absolute atomic E-state index is 11.7. The van der Waals surface area contributed by atoms with Crippen LogP contribution >= 0.6 is 0 Å². The predicted molar refractivity (Wildman–Crippen MR) is 58.7 cm³/mol. The fraction of sp³-hybridized carbons (Fsp3) is 0.182. The first kappa shape index (κ1) is 10.4. The van der Waals surface area contributed by atoms with E-state index in [1.165, 1.54) is 0 Å². The van der Waals surface area contributed by atoms with E-state index in [0.717, 1.165) is 11.3 Å². The van der Waals surface area contributed by atoms with Crippen molar-refractivity contribution >= 4 is 5.91 Å². The Labute approximate surface area is 92.9 Å². The number of hydrogen-bond donors (Lipinski definition) is 2. The molecule has 2 rings (SSSR count). The first-order valence-electron chi connectivity index (χ1n) is 4.94. The van der Waals surface area contributed by atoms with Gasteiger partial charge in [0.1, 0.15) is 0 Å². The summed E-state index contributed by atoms with van der Waals surface area (Å²) in [7, 11) is 0. The quantitative estimate of drug-likeness (QED) is 0.805. The lowest BCUT2D eigenvalue weighted by Crippen LogP contribution is -2.22. The molecule has 0 saturated carbocycles. The number of carbonyl (C=O) groups excluding carboxylic acids is 1. The summed E-state index contributed by atoms with van der Waals surface area (Å²) in [5.41, 5.74) is 2.39. The van der Waals surface area contributed by atoms with Gasteiger partial charge in [0.05, 0.1) is 6.20 Å². The molecule has 2 aromatic rings. The zero-order valence-corrected chi connectivity index (χ0v) is 8.90. The predicted octanol–water partition coefficient (Wildman–Crippen LogP) is 1.04. The topological polar surface area (TPSA) is 70.7 Å². The summed E-state index contributed by atoms with van der Waals surface area (Å²) in [6, 6.07) is 3.45. The van der Waals surface area contributed by atoms with Crippen LogP contribution in [0.1, 0.15) is 21.6 Å². The zero-order chi connectivity index (χ0) is 11.4. The molecule has 2 N–H and O–H groups in total. The second-order valence-corrected chi connectivity index (χ2v) is 3.48. The van der Waals surface area contributed by atoms with Gasteiger partial charge in [0.15, 0.2) is 0 Å². The van der Waals surface area contributed by atoms with E-state index in [1.54, 1.807) is 30.7 Å². The third-order valence-corrected chi connectivity index (χ3v) is 2.17. The summed E-state index contributed by atoms with van der Waals surface area (Å²) in [6.07, 6.45) is 5.05. The van der Waals surface area contributed by atoms with E-state index in [4.69, 9.17) is 0 Å². The molecule has 0 atom stereocenters. The van der Waals surface area contributed by atoms with Crippen molar-refractivity contribution in [2.45, 2.75) is 13.5 Å². The molecule has 5 nitrogen and oxygen atoms in total. The van der Waals surface area contributed by atoms with Crippen molar-refractivity contribution in [2.24, 2.45) is 0 Å². The van der Waals surface area contributed by atoms with E-state index in [-0.39, 0.29) is 5.91 Å².